The van der Waals surface area contributed by atoms with Crippen LogP contribution in [0.2, 0.25) is 0 Å². The largest absolute Gasteiger partial charge is 0.274 e. The summed E-state index contributed by atoms with van der Waals surface area (Å²) in [5.74, 6) is -0.317. The Hall–Kier alpha value is -1.30. The van der Waals surface area contributed by atoms with Crippen molar-refractivity contribution < 1.29 is 4.79 Å². The van der Waals surface area contributed by atoms with E-state index in [1.165, 1.54) is 13.1 Å². The molecule has 0 aliphatic heterocycles. The van der Waals surface area contributed by atoms with E-state index in [0.717, 1.165) is 4.90 Å². The van der Waals surface area contributed by atoms with Gasteiger partial charge < -0.3 is 0 Å². The number of carbonyl (C=O) groups excluding carboxylic acids is 1. The van der Waals surface area contributed by atoms with E-state index in [0.29, 0.717) is 0 Å². The maximum absolute atomic E-state index is 10.2. The minimum absolute atomic E-state index is 0.317. The molecular formula is C5H6N2O. The minimum Gasteiger partial charge on any atom is -0.274 e. The second-order valence-electron chi connectivity index (χ2n) is 1.17. The molecule has 0 radical (unpaired) electrons. The van der Waals surface area contributed by atoms with E-state index in [2.05, 4.69) is 6.58 Å². The van der Waals surface area contributed by atoms with Gasteiger partial charge >= 0.3 is 0 Å². The molecule has 0 saturated carbocycles. The molecule has 0 aromatic rings. The highest BCUT2D eigenvalue weighted by Crippen LogP contribution is 1.83. The van der Waals surface area contributed by atoms with Crippen molar-refractivity contribution >= 4 is 5.91 Å². The number of amides is 1. The summed E-state index contributed by atoms with van der Waals surface area (Å²) in [5, 5.41) is 8.08. The van der Waals surface area contributed by atoms with E-state index in [-0.39, 0.29) is 5.91 Å². The number of hydrogen-bond donors (Lipinski definition) is 0. The zero-order valence-corrected chi connectivity index (χ0v) is 4.59. The Kier molecular flexibility index (Phi) is 2.35. The number of rotatable bonds is 1. The molecule has 0 saturated heterocycles. The molecule has 8 heavy (non-hydrogen) atoms. The molecule has 0 heterocycles. The lowest BCUT2D eigenvalue weighted by atomic mass is 10.6. The van der Waals surface area contributed by atoms with Crippen molar-refractivity contribution in [2.45, 2.75) is 6.92 Å². The van der Waals surface area contributed by atoms with Crippen LogP contribution in [0.3, 0.4) is 0 Å². The first-order chi connectivity index (χ1) is 3.72. The van der Waals surface area contributed by atoms with Gasteiger partial charge in [-0.15, -0.1) is 0 Å². The van der Waals surface area contributed by atoms with Gasteiger partial charge in [0.2, 0.25) is 5.91 Å². The zero-order chi connectivity index (χ0) is 6.57. The molecule has 0 aliphatic rings. The van der Waals surface area contributed by atoms with Gasteiger partial charge in [-0.3, -0.25) is 4.79 Å². The molecule has 0 N–H and O–H groups in total. The van der Waals surface area contributed by atoms with Crippen molar-refractivity contribution in [3.05, 3.63) is 12.8 Å². The third kappa shape index (κ3) is 1.43. The minimum atomic E-state index is -0.317. The first kappa shape index (κ1) is 6.70. The van der Waals surface area contributed by atoms with Gasteiger partial charge in [0.25, 0.3) is 0 Å². The van der Waals surface area contributed by atoms with Gasteiger partial charge in [0.15, 0.2) is 6.19 Å². The van der Waals surface area contributed by atoms with Gasteiger partial charge in [0, 0.05) is 13.1 Å². The van der Waals surface area contributed by atoms with Crippen molar-refractivity contribution in [2.75, 3.05) is 0 Å². The lowest BCUT2D eigenvalue weighted by Gasteiger charge is -1.99. The van der Waals surface area contributed by atoms with Crippen LogP contribution in [0.1, 0.15) is 6.92 Å². The van der Waals surface area contributed by atoms with Crippen LogP contribution in [0.15, 0.2) is 12.8 Å². The molecule has 0 unspecified atom stereocenters. The maximum atomic E-state index is 10.2. The van der Waals surface area contributed by atoms with E-state index < -0.39 is 0 Å². The van der Waals surface area contributed by atoms with Gasteiger partial charge in [-0.25, -0.2) is 4.90 Å². The third-order valence-corrected chi connectivity index (χ3v) is 0.630. The SMILES string of the molecule is C=CN(C#N)C(C)=O. The van der Waals surface area contributed by atoms with Gasteiger partial charge in [-0.05, 0) is 0 Å². The normalized spacial score (nSPS) is 7.00. The average Bonchev–Trinajstić information content (AvgIpc) is 1.69. The van der Waals surface area contributed by atoms with E-state index in [9.17, 15) is 4.79 Å². The van der Waals surface area contributed by atoms with Crippen LogP contribution >= 0.6 is 0 Å². The summed E-state index contributed by atoms with van der Waals surface area (Å²) in [7, 11) is 0. The van der Waals surface area contributed by atoms with Crippen molar-refractivity contribution in [3.8, 4) is 6.19 Å². The van der Waals surface area contributed by atoms with Crippen LogP contribution in [-0.4, -0.2) is 10.8 Å². The van der Waals surface area contributed by atoms with Gasteiger partial charge in [-0.2, -0.15) is 5.26 Å². The molecule has 0 atom stereocenters. The standard InChI is InChI=1S/C5H6N2O/c1-3-7(4-6)5(2)8/h3H,1H2,2H3. The second-order valence-corrected chi connectivity index (χ2v) is 1.17. The summed E-state index contributed by atoms with van der Waals surface area (Å²) in [4.78, 5) is 11.1. The summed E-state index contributed by atoms with van der Waals surface area (Å²) >= 11 is 0. The second kappa shape index (κ2) is 2.80. The highest BCUT2D eigenvalue weighted by Gasteiger charge is 1.98. The smallest absolute Gasteiger partial charge is 0.236 e. The maximum Gasteiger partial charge on any atom is 0.236 e. The Bertz CT molecular complexity index is 145. The van der Waals surface area contributed by atoms with Crippen molar-refractivity contribution in [2.24, 2.45) is 0 Å². The third-order valence-electron chi connectivity index (χ3n) is 0.630. The highest BCUT2D eigenvalue weighted by molar-refractivity contribution is 5.75. The highest BCUT2D eigenvalue weighted by atomic mass is 16.2. The monoisotopic (exact) mass is 110 g/mol. The van der Waals surface area contributed by atoms with Crippen molar-refractivity contribution in [1.29, 1.82) is 5.26 Å². The van der Waals surface area contributed by atoms with E-state index >= 15 is 0 Å². The Morgan fingerprint density at radius 2 is 2.50 bits per heavy atom. The van der Waals surface area contributed by atoms with E-state index in [1.54, 1.807) is 6.19 Å². The van der Waals surface area contributed by atoms with Crippen LogP contribution in [0, 0.1) is 11.5 Å². The summed E-state index contributed by atoms with van der Waals surface area (Å²) in [6.45, 7) is 4.53. The van der Waals surface area contributed by atoms with Crippen molar-refractivity contribution in [1.82, 2.24) is 4.90 Å². The lowest BCUT2D eigenvalue weighted by molar-refractivity contribution is -0.123. The van der Waals surface area contributed by atoms with Crippen LogP contribution in [0.5, 0.6) is 0 Å². The molecule has 0 aromatic heterocycles. The first-order valence-electron chi connectivity index (χ1n) is 2.04. The molecule has 42 valence electrons. The Morgan fingerprint density at radius 1 is 2.00 bits per heavy atom. The van der Waals surface area contributed by atoms with Gasteiger partial charge in [0.1, 0.15) is 0 Å². The topological polar surface area (TPSA) is 44.1 Å². The molecule has 0 fully saturated rings. The molecular weight excluding hydrogens is 104 g/mol. The summed E-state index contributed by atoms with van der Waals surface area (Å²) in [6.07, 6.45) is 2.79. The fourth-order valence-electron chi connectivity index (χ4n) is 0.240. The van der Waals surface area contributed by atoms with Crippen molar-refractivity contribution in [3.63, 3.8) is 0 Å². The lowest BCUT2D eigenvalue weighted by Crippen LogP contribution is -2.15. The van der Waals surface area contributed by atoms with E-state index in [1.807, 2.05) is 0 Å². The summed E-state index contributed by atoms with van der Waals surface area (Å²) < 4.78 is 0. The van der Waals surface area contributed by atoms with Gasteiger partial charge in [0.05, 0.1) is 0 Å². The molecule has 0 rings (SSSR count). The predicted octanol–water partition coefficient (Wildman–Crippen LogP) is 0.459. The van der Waals surface area contributed by atoms with Crippen LogP contribution in [0.4, 0.5) is 0 Å². The average molecular weight is 110 g/mol. The fourth-order valence-corrected chi connectivity index (χ4v) is 0.240. The molecule has 0 spiro atoms. The molecule has 0 bridgehead atoms. The van der Waals surface area contributed by atoms with Gasteiger partial charge in [-0.1, -0.05) is 6.58 Å². The number of nitriles is 1. The Balaban J connectivity index is 3.95. The van der Waals surface area contributed by atoms with Crippen LogP contribution < -0.4 is 0 Å². The molecule has 3 heteroatoms. The van der Waals surface area contributed by atoms with Crippen LogP contribution in [0.25, 0.3) is 0 Å². The van der Waals surface area contributed by atoms with E-state index in [4.69, 9.17) is 5.26 Å². The Morgan fingerprint density at radius 3 is 2.50 bits per heavy atom. The summed E-state index contributed by atoms with van der Waals surface area (Å²) in [5.41, 5.74) is 0. The molecule has 0 aromatic carbocycles. The van der Waals surface area contributed by atoms with Crippen LogP contribution in [-0.2, 0) is 4.79 Å². The fraction of sp³-hybridized carbons (Fsp3) is 0.200. The summed E-state index contributed by atoms with van der Waals surface area (Å²) in [6, 6.07) is 0. The molecule has 0 aliphatic carbocycles. The number of nitrogens with zero attached hydrogens (tertiary/aromatic N) is 2. The number of carbonyl (C=O) groups is 1. The zero-order valence-electron chi connectivity index (χ0n) is 4.59. The quantitative estimate of drug-likeness (QED) is 0.363. The number of hydrogen-bond acceptors (Lipinski definition) is 2. The molecule has 3 nitrogen and oxygen atoms in total. The molecule has 1 amide bonds. The first-order valence-corrected chi connectivity index (χ1v) is 2.04. The Labute approximate surface area is 47.8 Å². The predicted molar refractivity (Wildman–Crippen MR) is 28.3 cm³/mol.